The molecule has 1 aromatic heterocycles. The van der Waals surface area contributed by atoms with Crippen molar-refractivity contribution in [1.82, 2.24) is 24.9 Å². The summed E-state index contributed by atoms with van der Waals surface area (Å²) in [6, 6.07) is 0. The smallest absolute Gasteiger partial charge is 0.194 e. The number of likely N-dealkylation sites (N-methyl/N-ethyl adjacent to an activating group) is 1. The van der Waals surface area contributed by atoms with Gasteiger partial charge in [-0.05, 0) is 51.8 Å². The van der Waals surface area contributed by atoms with Crippen LogP contribution in [0.1, 0.15) is 57.4 Å². The first-order chi connectivity index (χ1) is 12.9. The van der Waals surface area contributed by atoms with E-state index in [1.165, 1.54) is 37.7 Å². The molecular formula is C21H39IN6. The maximum atomic E-state index is 5.15. The molecule has 3 rings (SSSR count). The minimum absolute atomic E-state index is 0. The minimum atomic E-state index is 0. The summed E-state index contributed by atoms with van der Waals surface area (Å²) in [5.41, 5.74) is 1.56. The van der Waals surface area contributed by atoms with Crippen molar-refractivity contribution in [3.05, 3.63) is 18.0 Å². The van der Waals surface area contributed by atoms with Crippen molar-refractivity contribution < 1.29 is 0 Å². The zero-order chi connectivity index (χ0) is 19.4. The molecule has 1 aromatic rings. The lowest BCUT2D eigenvalue weighted by atomic mass is 9.75. The number of rotatable bonds is 5. The second-order valence-electron chi connectivity index (χ2n) is 8.87. The van der Waals surface area contributed by atoms with E-state index >= 15 is 0 Å². The Bertz CT molecular complexity index is 643. The Hall–Kier alpha value is -0.830. The molecule has 2 fully saturated rings. The predicted molar refractivity (Wildman–Crippen MR) is 128 cm³/mol. The molecule has 7 heteroatoms. The third-order valence-electron chi connectivity index (χ3n) is 6.56. The number of hydrogen-bond acceptors (Lipinski definition) is 3. The summed E-state index contributed by atoms with van der Waals surface area (Å²) >= 11 is 0. The molecule has 0 amide bonds. The van der Waals surface area contributed by atoms with Gasteiger partial charge in [0.15, 0.2) is 5.96 Å². The van der Waals surface area contributed by atoms with Gasteiger partial charge < -0.3 is 15.1 Å². The molecule has 0 radical (unpaired) electrons. The summed E-state index contributed by atoms with van der Waals surface area (Å²) in [5.74, 6) is 2.43. The molecule has 1 aliphatic carbocycles. The fraction of sp³-hybridized carbons (Fsp3) is 0.810. The Labute approximate surface area is 188 Å². The van der Waals surface area contributed by atoms with Crippen LogP contribution >= 0.6 is 24.0 Å². The first-order valence-corrected chi connectivity index (χ1v) is 10.6. The maximum absolute atomic E-state index is 5.15. The summed E-state index contributed by atoms with van der Waals surface area (Å²) in [5, 5.41) is 7.89. The van der Waals surface area contributed by atoms with Gasteiger partial charge in [-0.1, -0.05) is 19.8 Å². The molecule has 1 saturated carbocycles. The zero-order valence-corrected chi connectivity index (χ0v) is 20.6. The number of aryl methyl sites for hydroxylation is 1. The van der Waals surface area contributed by atoms with E-state index < -0.39 is 0 Å². The van der Waals surface area contributed by atoms with Gasteiger partial charge in [-0.15, -0.1) is 24.0 Å². The third-order valence-corrected chi connectivity index (χ3v) is 6.56. The average Bonchev–Trinajstić information content (AvgIpc) is 3.27. The molecule has 0 bridgehead atoms. The Morgan fingerprint density at radius 3 is 2.79 bits per heavy atom. The van der Waals surface area contributed by atoms with Crippen LogP contribution in [0.5, 0.6) is 0 Å². The van der Waals surface area contributed by atoms with Crippen LogP contribution in [-0.4, -0.2) is 71.4 Å². The highest BCUT2D eigenvalue weighted by atomic mass is 127. The molecule has 2 heterocycles. The van der Waals surface area contributed by atoms with Gasteiger partial charge >= 0.3 is 0 Å². The van der Waals surface area contributed by atoms with Gasteiger partial charge in [-0.2, -0.15) is 5.10 Å². The lowest BCUT2D eigenvalue weighted by molar-refractivity contribution is 0.0843. The van der Waals surface area contributed by atoms with Crippen LogP contribution in [-0.2, 0) is 7.05 Å². The zero-order valence-electron chi connectivity index (χ0n) is 18.3. The van der Waals surface area contributed by atoms with Crippen LogP contribution in [0.25, 0.3) is 0 Å². The highest BCUT2D eigenvalue weighted by Gasteiger charge is 2.37. The van der Waals surface area contributed by atoms with Gasteiger partial charge in [0.05, 0.1) is 12.7 Å². The Kier molecular flexibility index (Phi) is 8.60. The van der Waals surface area contributed by atoms with Crippen molar-refractivity contribution in [3.8, 4) is 0 Å². The molecule has 2 aliphatic rings. The Morgan fingerprint density at radius 2 is 2.18 bits per heavy atom. The summed E-state index contributed by atoms with van der Waals surface area (Å²) < 4.78 is 1.91. The van der Waals surface area contributed by atoms with Crippen molar-refractivity contribution in [1.29, 1.82) is 0 Å². The number of halogens is 1. The number of aliphatic imine (C=N–C) groups is 1. The van der Waals surface area contributed by atoms with E-state index in [1.807, 2.05) is 17.9 Å². The summed E-state index contributed by atoms with van der Waals surface area (Å²) in [6.07, 6.45) is 10.5. The second-order valence-corrected chi connectivity index (χ2v) is 8.87. The number of nitrogens with zero attached hydrogens (tertiary/aromatic N) is 5. The standard InChI is InChI=1S/C21H38N6.HI/c1-6-22-20(23-16-21(25(3)4)10-7-8-17(2)12-21)27-11-9-18(15-27)19-13-24-26(5)14-19;/h13-14,17-18H,6-12,15-16H2,1-5H3,(H,22,23);1H. The largest absolute Gasteiger partial charge is 0.357 e. The number of hydrogen-bond donors (Lipinski definition) is 1. The lowest BCUT2D eigenvalue weighted by Gasteiger charge is -2.44. The van der Waals surface area contributed by atoms with Gasteiger partial charge in [0.2, 0.25) is 0 Å². The van der Waals surface area contributed by atoms with Crippen molar-refractivity contribution in [2.45, 2.75) is 57.4 Å². The molecule has 28 heavy (non-hydrogen) atoms. The second kappa shape index (κ2) is 10.3. The molecule has 3 unspecified atom stereocenters. The first-order valence-electron chi connectivity index (χ1n) is 10.6. The van der Waals surface area contributed by atoms with Crippen LogP contribution in [0.15, 0.2) is 17.4 Å². The van der Waals surface area contributed by atoms with E-state index in [0.717, 1.165) is 38.1 Å². The average molecular weight is 502 g/mol. The van der Waals surface area contributed by atoms with E-state index in [0.29, 0.717) is 5.92 Å². The van der Waals surface area contributed by atoms with Crippen LogP contribution < -0.4 is 5.32 Å². The van der Waals surface area contributed by atoms with Crippen LogP contribution in [0, 0.1) is 5.92 Å². The molecule has 0 spiro atoms. The molecule has 6 nitrogen and oxygen atoms in total. The molecule has 1 saturated heterocycles. The molecule has 0 aromatic carbocycles. The number of guanidine groups is 1. The van der Waals surface area contributed by atoms with E-state index in [2.05, 4.69) is 54.4 Å². The summed E-state index contributed by atoms with van der Waals surface area (Å²) in [6.45, 7) is 8.46. The van der Waals surface area contributed by atoms with Gasteiger partial charge in [0.25, 0.3) is 0 Å². The van der Waals surface area contributed by atoms with Crippen LogP contribution in [0.2, 0.25) is 0 Å². The number of aromatic nitrogens is 2. The fourth-order valence-corrected chi connectivity index (χ4v) is 4.85. The molecule has 1 N–H and O–H groups in total. The number of nitrogens with one attached hydrogen (secondary N) is 1. The van der Waals surface area contributed by atoms with Gasteiger partial charge in [-0.25, -0.2) is 0 Å². The van der Waals surface area contributed by atoms with Crippen molar-refractivity contribution in [2.24, 2.45) is 18.0 Å². The van der Waals surface area contributed by atoms with E-state index in [1.54, 1.807) is 0 Å². The van der Waals surface area contributed by atoms with E-state index in [-0.39, 0.29) is 29.5 Å². The minimum Gasteiger partial charge on any atom is -0.357 e. The molecular weight excluding hydrogens is 463 g/mol. The first kappa shape index (κ1) is 23.4. The van der Waals surface area contributed by atoms with E-state index in [9.17, 15) is 0 Å². The quantitative estimate of drug-likeness (QED) is 0.382. The van der Waals surface area contributed by atoms with Crippen LogP contribution in [0.4, 0.5) is 0 Å². The van der Waals surface area contributed by atoms with Crippen molar-refractivity contribution in [2.75, 3.05) is 40.3 Å². The Balaban J connectivity index is 0.00000280. The van der Waals surface area contributed by atoms with Gasteiger partial charge in [0.1, 0.15) is 0 Å². The highest BCUT2D eigenvalue weighted by Crippen LogP contribution is 2.36. The molecule has 160 valence electrons. The normalized spacial score (nSPS) is 28.5. The Morgan fingerprint density at radius 1 is 1.39 bits per heavy atom. The maximum Gasteiger partial charge on any atom is 0.194 e. The molecule has 3 atom stereocenters. The topological polar surface area (TPSA) is 48.7 Å². The van der Waals surface area contributed by atoms with Gasteiger partial charge in [0, 0.05) is 44.3 Å². The monoisotopic (exact) mass is 502 g/mol. The van der Waals surface area contributed by atoms with Gasteiger partial charge in [-0.3, -0.25) is 9.67 Å². The SMILES string of the molecule is CCNC(=NCC1(N(C)C)CCCC(C)C1)N1CCC(c2cnn(C)c2)C1.I. The van der Waals surface area contributed by atoms with Crippen LogP contribution in [0.3, 0.4) is 0 Å². The van der Waals surface area contributed by atoms with Crippen molar-refractivity contribution >= 4 is 29.9 Å². The number of likely N-dealkylation sites (tertiary alicyclic amines) is 1. The lowest BCUT2D eigenvalue weighted by Crippen LogP contribution is -2.51. The van der Waals surface area contributed by atoms with Crippen molar-refractivity contribution in [3.63, 3.8) is 0 Å². The summed E-state index contributed by atoms with van der Waals surface area (Å²) in [4.78, 5) is 10.0. The predicted octanol–water partition coefficient (Wildman–Crippen LogP) is 3.30. The summed E-state index contributed by atoms with van der Waals surface area (Å²) in [7, 11) is 6.46. The third kappa shape index (κ3) is 5.40. The fourth-order valence-electron chi connectivity index (χ4n) is 4.85. The molecule has 1 aliphatic heterocycles. The van der Waals surface area contributed by atoms with E-state index in [4.69, 9.17) is 4.99 Å². The highest BCUT2D eigenvalue weighted by molar-refractivity contribution is 14.0.